The number of hydrogen-bond acceptors (Lipinski definition) is 1. The van der Waals surface area contributed by atoms with E-state index in [9.17, 15) is 0 Å². The van der Waals surface area contributed by atoms with Crippen molar-refractivity contribution in [2.75, 3.05) is 19.0 Å². The molecule has 0 bridgehead atoms. The van der Waals surface area contributed by atoms with E-state index in [0.29, 0.717) is 0 Å². The van der Waals surface area contributed by atoms with Gasteiger partial charge in [-0.1, -0.05) is 36.8 Å². The standard InChI is InChI=1S/C15H22ClN/c16-11-13-17(15-9-4-10-15)12-5-8-14-6-2-1-3-7-14/h1-3,6-7,15H,4-5,8-13H2. The average molecular weight is 252 g/mol. The molecule has 0 aromatic heterocycles. The molecule has 1 aliphatic rings. The summed E-state index contributed by atoms with van der Waals surface area (Å²) in [5, 5.41) is 0. The molecule has 0 N–H and O–H groups in total. The number of halogens is 1. The molecule has 0 aliphatic heterocycles. The van der Waals surface area contributed by atoms with Crippen LogP contribution < -0.4 is 0 Å². The molecule has 1 saturated carbocycles. The van der Waals surface area contributed by atoms with E-state index in [2.05, 4.69) is 35.2 Å². The molecule has 2 heteroatoms. The highest BCUT2D eigenvalue weighted by Gasteiger charge is 2.23. The predicted molar refractivity (Wildman–Crippen MR) is 74.7 cm³/mol. The van der Waals surface area contributed by atoms with Gasteiger partial charge in [0.15, 0.2) is 0 Å². The molecule has 1 aromatic rings. The van der Waals surface area contributed by atoms with E-state index in [0.717, 1.165) is 18.5 Å². The molecule has 1 aromatic carbocycles. The zero-order valence-corrected chi connectivity index (χ0v) is 11.2. The van der Waals surface area contributed by atoms with Gasteiger partial charge < -0.3 is 0 Å². The van der Waals surface area contributed by atoms with Crippen LogP contribution in [0.5, 0.6) is 0 Å². The number of benzene rings is 1. The third-order valence-corrected chi connectivity index (χ3v) is 3.89. The Bertz CT molecular complexity index is 308. The SMILES string of the molecule is ClCCN(CCCc1ccccc1)C1CCC1. The fourth-order valence-corrected chi connectivity index (χ4v) is 2.69. The van der Waals surface area contributed by atoms with Gasteiger partial charge in [0.2, 0.25) is 0 Å². The average Bonchev–Trinajstić information content (AvgIpc) is 2.28. The van der Waals surface area contributed by atoms with Gasteiger partial charge in [-0.25, -0.2) is 0 Å². The third-order valence-electron chi connectivity index (χ3n) is 3.72. The second-order valence-corrected chi connectivity index (χ2v) is 5.28. The van der Waals surface area contributed by atoms with Crippen molar-refractivity contribution < 1.29 is 0 Å². The lowest BCUT2D eigenvalue weighted by Crippen LogP contribution is -2.41. The normalized spacial score (nSPS) is 16.1. The Kier molecular flexibility index (Phi) is 5.34. The van der Waals surface area contributed by atoms with Gasteiger partial charge in [0, 0.05) is 18.5 Å². The molecule has 0 unspecified atom stereocenters. The fraction of sp³-hybridized carbons (Fsp3) is 0.600. The van der Waals surface area contributed by atoms with Gasteiger partial charge in [-0.2, -0.15) is 0 Å². The molecule has 1 aliphatic carbocycles. The van der Waals surface area contributed by atoms with Crippen LogP contribution in [-0.4, -0.2) is 29.9 Å². The van der Waals surface area contributed by atoms with Crippen molar-refractivity contribution in [3.8, 4) is 0 Å². The summed E-state index contributed by atoms with van der Waals surface area (Å²) in [6.07, 6.45) is 6.59. The molecule has 0 radical (unpaired) electrons. The van der Waals surface area contributed by atoms with Crippen molar-refractivity contribution in [3.05, 3.63) is 35.9 Å². The Labute approximate surface area is 110 Å². The third kappa shape index (κ3) is 4.01. The highest BCUT2D eigenvalue weighted by Crippen LogP contribution is 2.24. The van der Waals surface area contributed by atoms with Crippen LogP contribution in [0, 0.1) is 0 Å². The number of hydrogen-bond donors (Lipinski definition) is 0. The van der Waals surface area contributed by atoms with Crippen LogP contribution in [-0.2, 0) is 6.42 Å². The molecule has 0 heterocycles. The molecule has 2 rings (SSSR count). The van der Waals surface area contributed by atoms with Crippen LogP contribution in [0.25, 0.3) is 0 Å². The summed E-state index contributed by atoms with van der Waals surface area (Å²) in [5.74, 6) is 0.766. The molecule has 1 fully saturated rings. The maximum Gasteiger partial charge on any atom is 0.0351 e. The number of aryl methyl sites for hydroxylation is 1. The molecular weight excluding hydrogens is 230 g/mol. The van der Waals surface area contributed by atoms with E-state index >= 15 is 0 Å². The monoisotopic (exact) mass is 251 g/mol. The van der Waals surface area contributed by atoms with E-state index in [4.69, 9.17) is 11.6 Å². The lowest BCUT2D eigenvalue weighted by molar-refractivity contribution is 0.133. The first-order valence-corrected chi connectivity index (χ1v) is 7.27. The van der Waals surface area contributed by atoms with Gasteiger partial charge >= 0.3 is 0 Å². The molecule has 0 spiro atoms. The topological polar surface area (TPSA) is 3.24 Å². The number of nitrogens with zero attached hydrogens (tertiary/aromatic N) is 1. The highest BCUT2D eigenvalue weighted by molar-refractivity contribution is 6.18. The van der Waals surface area contributed by atoms with Crippen molar-refractivity contribution in [1.82, 2.24) is 4.90 Å². The van der Waals surface area contributed by atoms with E-state index in [1.807, 2.05) is 0 Å². The first-order valence-electron chi connectivity index (χ1n) is 6.74. The van der Waals surface area contributed by atoms with E-state index < -0.39 is 0 Å². The Morgan fingerprint density at radius 2 is 1.88 bits per heavy atom. The minimum atomic E-state index is 0.766. The summed E-state index contributed by atoms with van der Waals surface area (Å²) in [6.45, 7) is 2.26. The second-order valence-electron chi connectivity index (χ2n) is 4.90. The number of alkyl halides is 1. The summed E-state index contributed by atoms with van der Waals surface area (Å²) in [5.41, 5.74) is 1.45. The molecule has 17 heavy (non-hydrogen) atoms. The summed E-state index contributed by atoms with van der Waals surface area (Å²) in [4.78, 5) is 2.58. The van der Waals surface area contributed by atoms with Crippen LogP contribution in [0.2, 0.25) is 0 Å². The summed E-state index contributed by atoms with van der Waals surface area (Å²) < 4.78 is 0. The largest absolute Gasteiger partial charge is 0.299 e. The van der Waals surface area contributed by atoms with Gasteiger partial charge in [-0.3, -0.25) is 4.90 Å². The van der Waals surface area contributed by atoms with Crippen molar-refractivity contribution in [3.63, 3.8) is 0 Å². The Morgan fingerprint density at radius 1 is 1.12 bits per heavy atom. The van der Waals surface area contributed by atoms with Crippen molar-refractivity contribution in [2.24, 2.45) is 0 Å². The van der Waals surface area contributed by atoms with Gasteiger partial charge in [0.05, 0.1) is 0 Å². The van der Waals surface area contributed by atoms with E-state index in [1.54, 1.807) is 0 Å². The van der Waals surface area contributed by atoms with Crippen molar-refractivity contribution >= 4 is 11.6 Å². The summed E-state index contributed by atoms with van der Waals surface area (Å²) >= 11 is 5.88. The lowest BCUT2D eigenvalue weighted by atomic mass is 9.91. The molecule has 0 saturated heterocycles. The van der Waals surface area contributed by atoms with E-state index in [1.165, 1.54) is 44.2 Å². The molecular formula is C15H22ClN. The Hall–Kier alpha value is -0.530. The molecule has 0 amide bonds. The van der Waals surface area contributed by atoms with E-state index in [-0.39, 0.29) is 0 Å². The second kappa shape index (κ2) is 7.03. The quantitative estimate of drug-likeness (QED) is 0.668. The zero-order chi connectivity index (χ0) is 11.9. The van der Waals surface area contributed by atoms with Gasteiger partial charge in [0.1, 0.15) is 0 Å². The van der Waals surface area contributed by atoms with Gasteiger partial charge in [-0.05, 0) is 37.8 Å². The molecule has 94 valence electrons. The summed E-state index contributed by atoms with van der Waals surface area (Å²) in [6, 6.07) is 11.6. The summed E-state index contributed by atoms with van der Waals surface area (Å²) in [7, 11) is 0. The van der Waals surface area contributed by atoms with Crippen molar-refractivity contribution in [1.29, 1.82) is 0 Å². The van der Waals surface area contributed by atoms with Gasteiger partial charge in [-0.15, -0.1) is 11.6 Å². The van der Waals surface area contributed by atoms with Crippen LogP contribution in [0.3, 0.4) is 0 Å². The Morgan fingerprint density at radius 3 is 2.47 bits per heavy atom. The minimum absolute atomic E-state index is 0.766. The molecule has 0 atom stereocenters. The Balaban J connectivity index is 1.71. The first kappa shape index (κ1) is 12.9. The fourth-order valence-electron chi connectivity index (χ4n) is 2.47. The van der Waals surface area contributed by atoms with Crippen LogP contribution >= 0.6 is 11.6 Å². The predicted octanol–water partition coefficient (Wildman–Crippen LogP) is 3.71. The lowest BCUT2D eigenvalue weighted by Gasteiger charge is -2.37. The maximum absolute atomic E-state index is 5.88. The van der Waals surface area contributed by atoms with Gasteiger partial charge in [0.25, 0.3) is 0 Å². The zero-order valence-electron chi connectivity index (χ0n) is 10.4. The smallest absolute Gasteiger partial charge is 0.0351 e. The maximum atomic E-state index is 5.88. The number of rotatable bonds is 7. The minimum Gasteiger partial charge on any atom is -0.299 e. The first-order chi connectivity index (χ1) is 8.40. The van der Waals surface area contributed by atoms with Crippen LogP contribution in [0.15, 0.2) is 30.3 Å². The highest BCUT2D eigenvalue weighted by atomic mass is 35.5. The van der Waals surface area contributed by atoms with Crippen LogP contribution in [0.1, 0.15) is 31.2 Å². The molecule has 1 nitrogen and oxygen atoms in total. The van der Waals surface area contributed by atoms with Crippen molar-refractivity contribution in [2.45, 2.75) is 38.1 Å². The van der Waals surface area contributed by atoms with Crippen LogP contribution in [0.4, 0.5) is 0 Å².